The van der Waals surface area contributed by atoms with Crippen molar-refractivity contribution in [3.8, 4) is 6.07 Å². The molecule has 0 spiro atoms. The molecule has 1 aromatic rings. The molecule has 114 valence electrons. The van der Waals surface area contributed by atoms with Crippen LogP contribution in [0.15, 0.2) is 18.2 Å². The normalized spacial score (nSPS) is 16.5. The summed E-state index contributed by atoms with van der Waals surface area (Å²) >= 11 is 1.93. The second-order valence-electron chi connectivity index (χ2n) is 4.75. The average Bonchev–Trinajstić information content (AvgIpc) is 2.47. The molecule has 1 aliphatic heterocycles. The van der Waals surface area contributed by atoms with Crippen molar-refractivity contribution in [2.24, 2.45) is 0 Å². The van der Waals surface area contributed by atoms with Crippen LogP contribution >= 0.6 is 11.8 Å². The van der Waals surface area contributed by atoms with E-state index in [2.05, 4.69) is 10.2 Å². The number of benzene rings is 1. The van der Waals surface area contributed by atoms with Gasteiger partial charge in [-0.2, -0.15) is 30.2 Å². The SMILES string of the molecule is N#Cc1cc(NCCN2CCSCC2)ccc1C(F)(F)F. The van der Waals surface area contributed by atoms with Gasteiger partial charge in [-0.3, -0.25) is 4.90 Å². The standard InChI is InChI=1S/C14H16F3N3S/c15-14(16,17)13-2-1-12(9-11(13)10-18)19-3-4-20-5-7-21-8-6-20/h1-2,9,19H,3-8H2. The highest BCUT2D eigenvalue weighted by molar-refractivity contribution is 7.99. The molecule has 0 amide bonds. The quantitative estimate of drug-likeness (QED) is 0.927. The van der Waals surface area contributed by atoms with Crippen LogP contribution in [0.5, 0.6) is 0 Å². The summed E-state index contributed by atoms with van der Waals surface area (Å²) in [5.41, 5.74) is -0.684. The Hall–Kier alpha value is -1.39. The lowest BCUT2D eigenvalue weighted by atomic mass is 10.1. The van der Waals surface area contributed by atoms with Crippen molar-refractivity contribution >= 4 is 17.4 Å². The van der Waals surface area contributed by atoms with Crippen LogP contribution < -0.4 is 5.32 Å². The first-order chi connectivity index (χ1) is 10.0. The van der Waals surface area contributed by atoms with Crippen LogP contribution in [0.25, 0.3) is 0 Å². The molecule has 1 fully saturated rings. The predicted molar refractivity (Wildman–Crippen MR) is 78.4 cm³/mol. The van der Waals surface area contributed by atoms with E-state index in [-0.39, 0.29) is 5.56 Å². The number of nitriles is 1. The lowest BCUT2D eigenvalue weighted by Gasteiger charge is -2.26. The minimum absolute atomic E-state index is 0.345. The molecule has 21 heavy (non-hydrogen) atoms. The second kappa shape index (κ2) is 7.05. The van der Waals surface area contributed by atoms with Gasteiger partial charge in [-0.15, -0.1) is 0 Å². The van der Waals surface area contributed by atoms with E-state index < -0.39 is 11.7 Å². The Labute approximate surface area is 126 Å². The number of nitrogens with one attached hydrogen (secondary N) is 1. The van der Waals surface area contributed by atoms with E-state index in [1.54, 1.807) is 6.07 Å². The van der Waals surface area contributed by atoms with Crippen LogP contribution in [0.2, 0.25) is 0 Å². The van der Waals surface area contributed by atoms with Gasteiger partial charge in [0.15, 0.2) is 0 Å². The van der Waals surface area contributed by atoms with Crippen LogP contribution in [0.1, 0.15) is 11.1 Å². The van der Waals surface area contributed by atoms with Crippen molar-refractivity contribution in [3.63, 3.8) is 0 Å². The number of rotatable bonds is 4. The molecule has 1 N–H and O–H groups in total. The molecule has 2 rings (SSSR count). The number of hydrogen-bond donors (Lipinski definition) is 1. The molecule has 0 saturated carbocycles. The minimum Gasteiger partial charge on any atom is -0.384 e. The largest absolute Gasteiger partial charge is 0.417 e. The number of nitrogens with zero attached hydrogens (tertiary/aromatic N) is 2. The highest BCUT2D eigenvalue weighted by Crippen LogP contribution is 2.32. The van der Waals surface area contributed by atoms with Crippen LogP contribution in [-0.4, -0.2) is 42.6 Å². The minimum atomic E-state index is -4.49. The fourth-order valence-corrected chi connectivity index (χ4v) is 3.16. The van der Waals surface area contributed by atoms with Gasteiger partial charge in [-0.05, 0) is 18.2 Å². The molecule has 0 unspecified atom stereocenters. The van der Waals surface area contributed by atoms with Crippen LogP contribution in [0, 0.1) is 11.3 Å². The van der Waals surface area contributed by atoms with Crippen molar-refractivity contribution in [2.45, 2.75) is 6.18 Å². The fourth-order valence-electron chi connectivity index (χ4n) is 2.18. The Balaban J connectivity index is 1.93. The van der Waals surface area contributed by atoms with Gasteiger partial charge in [0, 0.05) is 43.4 Å². The van der Waals surface area contributed by atoms with E-state index in [4.69, 9.17) is 5.26 Å². The zero-order valence-electron chi connectivity index (χ0n) is 11.4. The predicted octanol–water partition coefficient (Wildman–Crippen LogP) is 3.04. The van der Waals surface area contributed by atoms with Crippen molar-refractivity contribution in [3.05, 3.63) is 29.3 Å². The summed E-state index contributed by atoms with van der Waals surface area (Å²) in [7, 11) is 0. The summed E-state index contributed by atoms with van der Waals surface area (Å²) in [6, 6.07) is 5.20. The highest BCUT2D eigenvalue weighted by atomic mass is 32.2. The first-order valence-corrected chi connectivity index (χ1v) is 7.81. The van der Waals surface area contributed by atoms with Crippen LogP contribution in [-0.2, 0) is 6.18 Å². The Kier molecular flexibility index (Phi) is 5.37. The van der Waals surface area contributed by atoms with Gasteiger partial charge >= 0.3 is 6.18 Å². The van der Waals surface area contributed by atoms with Gasteiger partial charge in [0.05, 0.1) is 17.2 Å². The summed E-state index contributed by atoms with van der Waals surface area (Å²) in [6.45, 7) is 3.59. The fraction of sp³-hybridized carbons (Fsp3) is 0.500. The number of halogens is 3. The molecule has 0 radical (unpaired) electrons. The number of thioether (sulfide) groups is 1. The third kappa shape index (κ3) is 4.55. The second-order valence-corrected chi connectivity index (χ2v) is 5.98. The van der Waals surface area contributed by atoms with E-state index in [9.17, 15) is 13.2 Å². The smallest absolute Gasteiger partial charge is 0.384 e. The van der Waals surface area contributed by atoms with E-state index in [1.165, 1.54) is 12.1 Å². The maximum absolute atomic E-state index is 12.7. The topological polar surface area (TPSA) is 39.1 Å². The average molecular weight is 315 g/mol. The Morgan fingerprint density at radius 3 is 2.62 bits per heavy atom. The van der Waals surface area contributed by atoms with Crippen molar-refractivity contribution in [1.82, 2.24) is 4.90 Å². The van der Waals surface area contributed by atoms with Crippen molar-refractivity contribution in [2.75, 3.05) is 43.0 Å². The van der Waals surface area contributed by atoms with E-state index in [0.29, 0.717) is 12.2 Å². The van der Waals surface area contributed by atoms with E-state index in [1.807, 2.05) is 11.8 Å². The molecule has 0 atom stereocenters. The van der Waals surface area contributed by atoms with Gasteiger partial charge in [0.25, 0.3) is 0 Å². The zero-order chi connectivity index (χ0) is 15.3. The number of alkyl halides is 3. The lowest BCUT2D eigenvalue weighted by Crippen LogP contribution is -2.36. The van der Waals surface area contributed by atoms with E-state index >= 15 is 0 Å². The van der Waals surface area contributed by atoms with E-state index in [0.717, 1.165) is 37.2 Å². The zero-order valence-corrected chi connectivity index (χ0v) is 12.2. The monoisotopic (exact) mass is 315 g/mol. The third-order valence-electron chi connectivity index (χ3n) is 3.31. The number of hydrogen-bond acceptors (Lipinski definition) is 4. The van der Waals surface area contributed by atoms with Crippen LogP contribution in [0.3, 0.4) is 0 Å². The van der Waals surface area contributed by atoms with Gasteiger partial charge in [-0.1, -0.05) is 0 Å². The maximum Gasteiger partial charge on any atom is 0.417 e. The molecule has 1 saturated heterocycles. The van der Waals surface area contributed by atoms with Gasteiger partial charge in [-0.25, -0.2) is 0 Å². The summed E-state index contributed by atoms with van der Waals surface area (Å²) in [4.78, 5) is 2.32. The molecular weight excluding hydrogens is 299 g/mol. The molecule has 0 bridgehead atoms. The number of anilines is 1. The highest BCUT2D eigenvalue weighted by Gasteiger charge is 2.33. The Morgan fingerprint density at radius 2 is 2.00 bits per heavy atom. The van der Waals surface area contributed by atoms with Gasteiger partial charge in [0.2, 0.25) is 0 Å². The Morgan fingerprint density at radius 1 is 1.29 bits per heavy atom. The van der Waals surface area contributed by atoms with Crippen molar-refractivity contribution < 1.29 is 13.2 Å². The van der Waals surface area contributed by atoms with Crippen molar-refractivity contribution in [1.29, 1.82) is 5.26 Å². The summed E-state index contributed by atoms with van der Waals surface area (Å²) in [5, 5.41) is 11.9. The molecule has 0 aliphatic carbocycles. The van der Waals surface area contributed by atoms with Gasteiger partial charge < -0.3 is 5.32 Å². The lowest BCUT2D eigenvalue weighted by molar-refractivity contribution is -0.137. The molecule has 0 aromatic heterocycles. The Bertz CT molecular complexity index is 519. The summed E-state index contributed by atoms with van der Waals surface area (Å²) in [5.74, 6) is 2.25. The first-order valence-electron chi connectivity index (χ1n) is 6.66. The molecule has 1 aromatic carbocycles. The molecule has 7 heteroatoms. The summed E-state index contributed by atoms with van der Waals surface area (Å²) in [6.07, 6.45) is -4.49. The molecular formula is C14H16F3N3S. The molecule has 1 aliphatic rings. The molecule has 1 heterocycles. The third-order valence-corrected chi connectivity index (χ3v) is 4.25. The molecule has 3 nitrogen and oxygen atoms in total. The maximum atomic E-state index is 12.7. The van der Waals surface area contributed by atoms with Gasteiger partial charge in [0.1, 0.15) is 0 Å². The first kappa shape index (κ1) is 16.0. The van der Waals surface area contributed by atoms with Crippen LogP contribution in [0.4, 0.5) is 18.9 Å². The summed E-state index contributed by atoms with van der Waals surface area (Å²) < 4.78 is 38.0.